The van der Waals surface area contributed by atoms with E-state index < -0.39 is 17.6 Å². The van der Waals surface area contributed by atoms with E-state index in [0.29, 0.717) is 10.7 Å². The van der Waals surface area contributed by atoms with E-state index in [1.54, 1.807) is 13.8 Å². The van der Waals surface area contributed by atoms with Crippen molar-refractivity contribution in [3.05, 3.63) is 58.6 Å². The van der Waals surface area contributed by atoms with E-state index in [0.717, 1.165) is 23.5 Å². The highest BCUT2D eigenvalue weighted by atomic mass is 32.1. The molecule has 11 heteroatoms. The van der Waals surface area contributed by atoms with Gasteiger partial charge in [0.1, 0.15) is 12.1 Å². The van der Waals surface area contributed by atoms with Crippen LogP contribution in [0.15, 0.2) is 41.9 Å². The van der Waals surface area contributed by atoms with E-state index >= 15 is 0 Å². The number of aromatic nitrogens is 3. The number of hydrogen-bond donors (Lipinski definition) is 1. The van der Waals surface area contributed by atoms with Gasteiger partial charge in [-0.05, 0) is 31.5 Å². The summed E-state index contributed by atoms with van der Waals surface area (Å²) in [5.41, 5.74) is 1.47. The first-order valence-corrected chi connectivity index (χ1v) is 9.64. The zero-order valence-corrected chi connectivity index (χ0v) is 16.8. The lowest BCUT2D eigenvalue weighted by atomic mass is 10.1. The van der Waals surface area contributed by atoms with Crippen molar-refractivity contribution in [1.82, 2.24) is 15.2 Å². The van der Waals surface area contributed by atoms with Gasteiger partial charge in [0.2, 0.25) is 16.9 Å². The molecule has 0 unspecified atom stereocenters. The van der Waals surface area contributed by atoms with Gasteiger partial charge in [-0.25, -0.2) is 0 Å². The zero-order valence-electron chi connectivity index (χ0n) is 15.9. The molecule has 0 aliphatic rings. The Morgan fingerprint density at radius 1 is 1.17 bits per heavy atom. The Kier molecular flexibility index (Phi) is 6.50. The molecule has 1 amide bonds. The Balaban J connectivity index is 1.76. The molecule has 7 nitrogen and oxygen atoms in total. The molecule has 0 fully saturated rings. The fourth-order valence-electron chi connectivity index (χ4n) is 2.33. The van der Waals surface area contributed by atoms with Crippen LogP contribution in [0.25, 0.3) is 0 Å². The van der Waals surface area contributed by atoms with Crippen molar-refractivity contribution >= 4 is 22.4 Å². The van der Waals surface area contributed by atoms with Gasteiger partial charge in [0.25, 0.3) is 5.91 Å². The summed E-state index contributed by atoms with van der Waals surface area (Å²) in [6.07, 6.45) is -4.60. The molecule has 0 spiro atoms. The number of amides is 1. The van der Waals surface area contributed by atoms with Crippen LogP contribution < -0.4 is 14.8 Å². The number of nitrogens with zero attached hydrogens (tertiary/aromatic N) is 3. The van der Waals surface area contributed by atoms with Crippen molar-refractivity contribution in [1.29, 1.82) is 0 Å². The van der Waals surface area contributed by atoms with Crippen LogP contribution in [0.2, 0.25) is 0 Å². The summed E-state index contributed by atoms with van der Waals surface area (Å²) in [6, 6.07) is 7.46. The maximum absolute atomic E-state index is 12.7. The lowest BCUT2D eigenvalue weighted by Gasteiger charge is -2.13. The highest BCUT2D eigenvalue weighted by Gasteiger charge is 2.29. The molecule has 0 saturated carbocycles. The number of nitrogens with one attached hydrogen (secondary N) is 1. The lowest BCUT2D eigenvalue weighted by Crippen LogP contribution is -2.14. The maximum Gasteiger partial charge on any atom is 0.416 e. The Morgan fingerprint density at radius 2 is 1.87 bits per heavy atom. The first-order valence-electron chi connectivity index (χ1n) is 8.76. The van der Waals surface area contributed by atoms with Gasteiger partial charge >= 0.3 is 6.18 Å². The van der Waals surface area contributed by atoms with Crippen molar-refractivity contribution in [2.75, 3.05) is 5.32 Å². The van der Waals surface area contributed by atoms with Crippen molar-refractivity contribution in [2.24, 2.45) is 0 Å². The quantitative estimate of drug-likeness (QED) is 0.582. The highest BCUT2D eigenvalue weighted by Crippen LogP contribution is 2.29. The van der Waals surface area contributed by atoms with Gasteiger partial charge in [0, 0.05) is 12.1 Å². The summed E-state index contributed by atoms with van der Waals surface area (Å²) in [7, 11) is 0. The number of hydrogen-bond acceptors (Lipinski definition) is 7. The van der Waals surface area contributed by atoms with Crippen molar-refractivity contribution in [3.8, 4) is 11.8 Å². The summed E-state index contributed by atoms with van der Waals surface area (Å²) in [4.78, 5) is 16.7. The smallest absolute Gasteiger partial charge is 0.416 e. The molecule has 0 saturated heterocycles. The molecule has 2 aromatic heterocycles. The van der Waals surface area contributed by atoms with Gasteiger partial charge in [-0.15, -0.1) is 10.2 Å². The van der Waals surface area contributed by atoms with Gasteiger partial charge in [-0.3, -0.25) is 10.1 Å². The molecule has 158 valence electrons. The fraction of sp³-hybridized carbons (Fsp3) is 0.263. The Labute approximate surface area is 173 Å². The van der Waals surface area contributed by atoms with Crippen LogP contribution in [0.4, 0.5) is 18.3 Å². The summed E-state index contributed by atoms with van der Waals surface area (Å²) in [5, 5.41) is 10.3. The van der Waals surface area contributed by atoms with Crippen LogP contribution in [0, 0.1) is 0 Å². The average Bonchev–Trinajstić information content (AvgIpc) is 3.18. The molecule has 30 heavy (non-hydrogen) atoms. The second-order valence-corrected chi connectivity index (χ2v) is 7.21. The third kappa shape index (κ3) is 5.89. The molecule has 0 aliphatic carbocycles. The van der Waals surface area contributed by atoms with Crippen LogP contribution in [0.1, 0.15) is 35.3 Å². The number of halogens is 3. The molecule has 1 N–H and O–H groups in total. The summed E-state index contributed by atoms with van der Waals surface area (Å²) in [6.45, 7) is 3.57. The second kappa shape index (κ2) is 9.08. The van der Waals surface area contributed by atoms with Crippen LogP contribution in [-0.2, 0) is 12.8 Å². The third-order valence-electron chi connectivity index (χ3n) is 3.65. The van der Waals surface area contributed by atoms with Crippen LogP contribution >= 0.6 is 11.3 Å². The van der Waals surface area contributed by atoms with Gasteiger partial charge in [0.15, 0.2) is 0 Å². The van der Waals surface area contributed by atoms with Gasteiger partial charge in [-0.2, -0.15) is 18.2 Å². The minimum Gasteiger partial charge on any atom is -0.475 e. The molecule has 2 heterocycles. The molecular weight excluding hydrogens is 421 g/mol. The van der Waals surface area contributed by atoms with E-state index in [-0.39, 0.29) is 30.0 Å². The summed E-state index contributed by atoms with van der Waals surface area (Å²) >= 11 is 1.16. The Bertz CT molecular complexity index is 993. The van der Waals surface area contributed by atoms with E-state index in [4.69, 9.17) is 9.47 Å². The predicted molar refractivity (Wildman–Crippen MR) is 104 cm³/mol. The first-order chi connectivity index (χ1) is 14.2. The molecule has 0 bridgehead atoms. The van der Waals surface area contributed by atoms with Crippen LogP contribution in [-0.4, -0.2) is 27.2 Å². The topological polar surface area (TPSA) is 86.2 Å². The number of rotatable bonds is 7. The minimum atomic E-state index is -4.40. The Hall–Kier alpha value is -3.21. The SMILES string of the molecule is CC(C)Oc1cc(C(=O)Nc2nncs2)cc(OCc2ccc(C(F)(F)F)cc2)n1. The van der Waals surface area contributed by atoms with Gasteiger partial charge < -0.3 is 9.47 Å². The molecule has 0 atom stereocenters. The second-order valence-electron chi connectivity index (χ2n) is 6.38. The monoisotopic (exact) mass is 438 g/mol. The molecule has 3 aromatic rings. The maximum atomic E-state index is 12.7. The van der Waals surface area contributed by atoms with Crippen molar-refractivity contribution < 1.29 is 27.4 Å². The third-order valence-corrected chi connectivity index (χ3v) is 4.25. The molecule has 0 aliphatic heterocycles. The van der Waals surface area contributed by atoms with Crippen LogP contribution in [0.5, 0.6) is 11.8 Å². The summed E-state index contributed by atoms with van der Waals surface area (Å²) in [5.74, 6) is -0.185. The number of ether oxygens (including phenoxy) is 2. The number of anilines is 1. The molecular formula is C19H17F3N4O3S. The van der Waals surface area contributed by atoms with Crippen molar-refractivity contribution in [3.63, 3.8) is 0 Å². The van der Waals surface area contributed by atoms with E-state index in [9.17, 15) is 18.0 Å². The Morgan fingerprint density at radius 3 is 2.47 bits per heavy atom. The number of alkyl halides is 3. The van der Waals surface area contributed by atoms with E-state index in [2.05, 4.69) is 20.5 Å². The number of carbonyl (C=O) groups excluding carboxylic acids is 1. The predicted octanol–water partition coefficient (Wildman–Crippen LogP) is 4.57. The normalized spacial score (nSPS) is 11.4. The van der Waals surface area contributed by atoms with Crippen LogP contribution in [0.3, 0.4) is 0 Å². The van der Waals surface area contributed by atoms with Crippen molar-refractivity contribution in [2.45, 2.75) is 32.7 Å². The lowest BCUT2D eigenvalue weighted by molar-refractivity contribution is -0.137. The zero-order chi connectivity index (χ0) is 21.7. The number of carbonyl (C=O) groups is 1. The fourth-order valence-corrected chi connectivity index (χ4v) is 2.77. The van der Waals surface area contributed by atoms with Gasteiger partial charge in [0.05, 0.1) is 17.2 Å². The standard InChI is InChI=1S/C19H17F3N4O3S/c1-11(2)29-16-8-13(17(27)25-18-26-23-10-30-18)7-15(24-16)28-9-12-3-5-14(6-4-12)19(20,21)22/h3-8,10-11H,9H2,1-2H3,(H,25,26,27). The highest BCUT2D eigenvalue weighted by molar-refractivity contribution is 7.13. The van der Waals surface area contributed by atoms with Gasteiger partial charge in [-0.1, -0.05) is 23.5 Å². The van der Waals surface area contributed by atoms with E-state index in [1.807, 2.05) is 0 Å². The molecule has 1 aromatic carbocycles. The minimum absolute atomic E-state index is 0.0340. The first kappa shape index (κ1) is 21.5. The average molecular weight is 438 g/mol. The molecule has 3 rings (SSSR count). The largest absolute Gasteiger partial charge is 0.475 e. The number of benzene rings is 1. The molecule has 0 radical (unpaired) electrons. The number of pyridine rings is 1. The summed E-state index contributed by atoms with van der Waals surface area (Å²) < 4.78 is 49.2. The van der Waals surface area contributed by atoms with E-state index in [1.165, 1.54) is 29.8 Å².